The van der Waals surface area contributed by atoms with Crippen LogP contribution in [0.4, 0.5) is 0 Å². The van der Waals surface area contributed by atoms with E-state index < -0.39 is 5.60 Å². The van der Waals surface area contributed by atoms with Crippen molar-refractivity contribution >= 4 is 15.9 Å². The van der Waals surface area contributed by atoms with Crippen molar-refractivity contribution in [3.8, 4) is 11.8 Å². The zero-order valence-corrected chi connectivity index (χ0v) is 19.9. The Kier molecular flexibility index (Phi) is 5.88. The molecule has 2 aromatic carbocycles. The van der Waals surface area contributed by atoms with Crippen LogP contribution in [0.1, 0.15) is 57.6 Å². The Morgan fingerprint density at radius 1 is 1.03 bits per heavy atom. The van der Waals surface area contributed by atoms with Crippen molar-refractivity contribution < 1.29 is 5.11 Å². The van der Waals surface area contributed by atoms with Crippen molar-refractivity contribution in [2.75, 3.05) is 13.1 Å². The summed E-state index contributed by atoms with van der Waals surface area (Å²) in [6.07, 6.45) is 4.23. The van der Waals surface area contributed by atoms with Crippen molar-refractivity contribution in [1.29, 1.82) is 0 Å². The standard InChI is InChI=1S/C27H32BrNO/c1-25(2)17-22-18-26(3,19-25)20-29(22)16-10-9-15-27(30,21-11-5-4-6-12-21)23-13-7-8-14-24(23)28/h4-8,11-14,22,30H,15-20H2,1-3H3/t22-,26-,27-/m0/s1. The molecule has 4 rings (SSSR count). The van der Waals surface area contributed by atoms with Crippen LogP contribution in [0.5, 0.6) is 0 Å². The Morgan fingerprint density at radius 2 is 1.73 bits per heavy atom. The minimum atomic E-state index is -1.14. The third-order valence-electron chi connectivity index (χ3n) is 6.85. The van der Waals surface area contributed by atoms with Gasteiger partial charge in [0.2, 0.25) is 0 Å². The first-order chi connectivity index (χ1) is 14.2. The van der Waals surface area contributed by atoms with Crippen LogP contribution in [-0.2, 0) is 5.60 Å². The predicted octanol–water partition coefficient (Wildman–Crippen LogP) is 5.98. The maximum Gasteiger partial charge on any atom is 0.127 e. The van der Waals surface area contributed by atoms with E-state index in [0.717, 1.165) is 28.7 Å². The average Bonchev–Trinajstić information content (AvgIpc) is 2.94. The van der Waals surface area contributed by atoms with E-state index in [1.165, 1.54) is 19.3 Å². The number of hydrogen-bond donors (Lipinski definition) is 1. The maximum absolute atomic E-state index is 11.7. The van der Waals surface area contributed by atoms with Gasteiger partial charge in [-0.2, -0.15) is 0 Å². The number of fused-ring (bicyclic) bond motifs is 2. The van der Waals surface area contributed by atoms with Crippen LogP contribution < -0.4 is 0 Å². The van der Waals surface area contributed by atoms with Crippen LogP contribution in [0.15, 0.2) is 59.1 Å². The first kappa shape index (κ1) is 21.6. The summed E-state index contributed by atoms with van der Waals surface area (Å²) >= 11 is 3.62. The molecule has 158 valence electrons. The number of aliphatic hydroxyl groups is 1. The predicted molar refractivity (Wildman–Crippen MR) is 127 cm³/mol. The van der Waals surface area contributed by atoms with Crippen molar-refractivity contribution in [1.82, 2.24) is 4.90 Å². The SMILES string of the molecule is CC1(C)C[C@H]2C[C@](C)(CN2CC#CC[C@](O)(c2ccccc2)c2ccccc2Br)C1. The van der Waals surface area contributed by atoms with Gasteiger partial charge in [0, 0.05) is 29.0 Å². The maximum atomic E-state index is 11.7. The molecule has 0 radical (unpaired) electrons. The minimum absolute atomic E-state index is 0.376. The highest BCUT2D eigenvalue weighted by Gasteiger charge is 2.49. The smallest absolute Gasteiger partial charge is 0.127 e. The number of rotatable bonds is 4. The van der Waals surface area contributed by atoms with Crippen molar-refractivity contribution in [2.45, 2.75) is 58.1 Å². The van der Waals surface area contributed by atoms with Gasteiger partial charge in [-0.15, -0.1) is 0 Å². The molecular weight excluding hydrogens is 434 g/mol. The van der Waals surface area contributed by atoms with E-state index in [9.17, 15) is 5.11 Å². The molecular formula is C27H32BrNO. The van der Waals surface area contributed by atoms with Crippen LogP contribution in [0, 0.1) is 22.7 Å². The van der Waals surface area contributed by atoms with E-state index in [4.69, 9.17) is 0 Å². The number of nitrogens with zero attached hydrogens (tertiary/aromatic N) is 1. The quantitative estimate of drug-likeness (QED) is 0.561. The summed E-state index contributed by atoms with van der Waals surface area (Å²) in [7, 11) is 0. The van der Waals surface area contributed by atoms with Gasteiger partial charge < -0.3 is 5.11 Å². The zero-order chi connectivity index (χ0) is 21.4. The highest BCUT2D eigenvalue weighted by Crippen LogP contribution is 2.52. The molecule has 2 nitrogen and oxygen atoms in total. The Hall–Kier alpha value is -1.60. The summed E-state index contributed by atoms with van der Waals surface area (Å²) in [6, 6.07) is 18.4. The summed E-state index contributed by atoms with van der Waals surface area (Å²) in [5.41, 5.74) is 1.44. The van der Waals surface area contributed by atoms with Gasteiger partial charge >= 0.3 is 0 Å². The van der Waals surface area contributed by atoms with Crippen molar-refractivity contribution in [3.63, 3.8) is 0 Å². The topological polar surface area (TPSA) is 23.5 Å². The fourth-order valence-corrected chi connectivity index (χ4v) is 6.59. The number of halogens is 1. The summed E-state index contributed by atoms with van der Waals surface area (Å²) in [5.74, 6) is 6.73. The molecule has 2 bridgehead atoms. The minimum Gasteiger partial charge on any atom is -0.379 e. The molecule has 30 heavy (non-hydrogen) atoms. The van der Waals surface area contributed by atoms with E-state index in [-0.39, 0.29) is 0 Å². The molecule has 0 spiro atoms. The summed E-state index contributed by atoms with van der Waals surface area (Å²) in [4.78, 5) is 2.57. The third kappa shape index (κ3) is 4.37. The van der Waals surface area contributed by atoms with Crippen LogP contribution in [0.3, 0.4) is 0 Å². The Balaban J connectivity index is 1.53. The third-order valence-corrected chi connectivity index (χ3v) is 7.54. The molecule has 1 N–H and O–H groups in total. The molecule has 1 aliphatic heterocycles. The molecule has 1 saturated heterocycles. The molecule has 1 aliphatic carbocycles. The van der Waals surface area contributed by atoms with E-state index in [1.54, 1.807) is 0 Å². The van der Waals surface area contributed by atoms with E-state index in [1.807, 2.05) is 54.6 Å². The van der Waals surface area contributed by atoms with Crippen molar-refractivity contribution in [3.05, 3.63) is 70.2 Å². The van der Waals surface area contributed by atoms with Gasteiger partial charge in [0.05, 0.1) is 6.54 Å². The first-order valence-corrected chi connectivity index (χ1v) is 11.7. The lowest BCUT2D eigenvalue weighted by Gasteiger charge is -2.39. The Bertz CT molecular complexity index is 960. The monoisotopic (exact) mass is 465 g/mol. The Labute approximate surface area is 189 Å². The molecule has 3 atom stereocenters. The summed E-state index contributed by atoms with van der Waals surface area (Å²) < 4.78 is 0.904. The van der Waals surface area contributed by atoms with Crippen LogP contribution in [-0.4, -0.2) is 29.1 Å². The molecule has 2 fully saturated rings. The second-order valence-electron chi connectivity index (χ2n) is 10.4. The van der Waals surface area contributed by atoms with E-state index in [2.05, 4.69) is 53.4 Å². The van der Waals surface area contributed by atoms with E-state index >= 15 is 0 Å². The van der Waals surface area contributed by atoms with Gasteiger partial charge in [-0.3, -0.25) is 4.90 Å². The zero-order valence-electron chi connectivity index (χ0n) is 18.3. The highest BCUT2D eigenvalue weighted by atomic mass is 79.9. The largest absolute Gasteiger partial charge is 0.379 e. The lowest BCUT2D eigenvalue weighted by Crippen LogP contribution is -2.34. The van der Waals surface area contributed by atoms with Crippen molar-refractivity contribution in [2.24, 2.45) is 10.8 Å². The molecule has 0 aromatic heterocycles. The number of benzene rings is 2. The second kappa shape index (κ2) is 8.15. The van der Waals surface area contributed by atoms with Gasteiger partial charge in [0.15, 0.2) is 0 Å². The molecule has 0 amide bonds. The summed E-state index contributed by atoms with van der Waals surface area (Å²) in [5, 5.41) is 11.7. The van der Waals surface area contributed by atoms with Gasteiger partial charge in [-0.05, 0) is 41.7 Å². The molecule has 3 heteroatoms. The van der Waals surface area contributed by atoms with Gasteiger partial charge in [-0.25, -0.2) is 0 Å². The Morgan fingerprint density at radius 3 is 2.47 bits per heavy atom. The van der Waals surface area contributed by atoms with Gasteiger partial charge in [-0.1, -0.05) is 97.1 Å². The second-order valence-corrected chi connectivity index (χ2v) is 11.2. The molecule has 1 heterocycles. The number of hydrogen-bond acceptors (Lipinski definition) is 2. The van der Waals surface area contributed by atoms with Crippen LogP contribution >= 0.6 is 15.9 Å². The van der Waals surface area contributed by atoms with Gasteiger partial charge in [0.25, 0.3) is 0 Å². The highest BCUT2D eigenvalue weighted by molar-refractivity contribution is 9.10. The molecule has 2 aromatic rings. The first-order valence-electron chi connectivity index (χ1n) is 10.9. The lowest BCUT2D eigenvalue weighted by atomic mass is 9.65. The van der Waals surface area contributed by atoms with Gasteiger partial charge in [0.1, 0.15) is 5.60 Å². The van der Waals surface area contributed by atoms with Crippen LogP contribution in [0.25, 0.3) is 0 Å². The fraction of sp³-hybridized carbons (Fsp3) is 0.481. The number of likely N-dealkylation sites (tertiary alicyclic amines) is 1. The average molecular weight is 466 g/mol. The van der Waals surface area contributed by atoms with E-state index in [0.29, 0.717) is 23.3 Å². The molecule has 0 unspecified atom stereocenters. The fourth-order valence-electron chi connectivity index (χ4n) is 5.97. The normalized spacial score (nSPS) is 27.2. The molecule has 1 saturated carbocycles. The van der Waals surface area contributed by atoms with Crippen LogP contribution in [0.2, 0.25) is 0 Å². The lowest BCUT2D eigenvalue weighted by molar-refractivity contribution is 0.0857. The summed E-state index contributed by atoms with van der Waals surface area (Å²) in [6.45, 7) is 9.18. The molecule has 2 aliphatic rings.